The van der Waals surface area contributed by atoms with E-state index < -0.39 is 0 Å². The number of imidazole rings is 1. The monoisotopic (exact) mass is 283 g/mol. The van der Waals surface area contributed by atoms with E-state index >= 15 is 0 Å². The highest BCUT2D eigenvalue weighted by Crippen LogP contribution is 2.24. The number of para-hydroxylation sites is 2. The summed E-state index contributed by atoms with van der Waals surface area (Å²) < 4.78 is 4.02. The molecule has 0 radical (unpaired) electrons. The number of nitrogens with two attached hydrogens (primary N) is 1. The molecule has 1 atom stereocenters. The van der Waals surface area contributed by atoms with E-state index in [0.29, 0.717) is 0 Å². The molecule has 0 aliphatic carbocycles. The molecule has 3 aromatic rings. The Kier molecular flexibility index (Phi) is 3.51. The summed E-state index contributed by atoms with van der Waals surface area (Å²) >= 11 is 0. The molecule has 5 heteroatoms. The van der Waals surface area contributed by atoms with E-state index in [9.17, 15) is 0 Å². The van der Waals surface area contributed by atoms with Crippen molar-refractivity contribution in [3.8, 4) is 5.82 Å². The molecule has 2 aromatic heterocycles. The highest BCUT2D eigenvalue weighted by atomic mass is 15.3. The summed E-state index contributed by atoms with van der Waals surface area (Å²) in [6, 6.07) is 8.28. The lowest BCUT2D eigenvalue weighted by Gasteiger charge is -2.12. The second kappa shape index (κ2) is 5.33. The summed E-state index contributed by atoms with van der Waals surface area (Å²) in [7, 11) is 1.97. The van der Waals surface area contributed by atoms with Crippen LogP contribution in [0.4, 0.5) is 0 Å². The zero-order valence-corrected chi connectivity index (χ0v) is 12.7. The van der Waals surface area contributed by atoms with Crippen LogP contribution in [0.1, 0.15) is 24.6 Å². The van der Waals surface area contributed by atoms with Crippen LogP contribution < -0.4 is 5.73 Å². The standard InChI is InChI=1S/C16H21N5/c1-4-12(17)9-13-11(2)19-20(3)16(13)21-10-18-14-7-5-6-8-15(14)21/h5-8,10,12H,4,9,17H2,1-3H3. The van der Waals surface area contributed by atoms with Gasteiger partial charge in [-0.15, -0.1) is 0 Å². The summed E-state index contributed by atoms with van der Waals surface area (Å²) in [5.74, 6) is 1.06. The van der Waals surface area contributed by atoms with Crippen LogP contribution in [0, 0.1) is 6.92 Å². The maximum atomic E-state index is 6.16. The minimum Gasteiger partial charge on any atom is -0.327 e. The van der Waals surface area contributed by atoms with Gasteiger partial charge in [0.1, 0.15) is 12.1 Å². The SMILES string of the molecule is CCC(N)Cc1c(C)nn(C)c1-n1cnc2ccccc21. The Morgan fingerprint density at radius 3 is 2.81 bits per heavy atom. The third-order valence-electron chi connectivity index (χ3n) is 3.99. The van der Waals surface area contributed by atoms with Crippen molar-refractivity contribution in [1.82, 2.24) is 19.3 Å². The van der Waals surface area contributed by atoms with E-state index in [4.69, 9.17) is 5.73 Å². The lowest BCUT2D eigenvalue weighted by Crippen LogP contribution is -2.22. The number of rotatable bonds is 4. The first-order chi connectivity index (χ1) is 10.1. The van der Waals surface area contributed by atoms with Crippen molar-refractivity contribution in [2.75, 3.05) is 0 Å². The lowest BCUT2D eigenvalue weighted by atomic mass is 10.0. The number of benzene rings is 1. The van der Waals surface area contributed by atoms with Crippen LogP contribution in [0.5, 0.6) is 0 Å². The van der Waals surface area contributed by atoms with Gasteiger partial charge in [-0.25, -0.2) is 4.98 Å². The van der Waals surface area contributed by atoms with Crippen molar-refractivity contribution in [3.63, 3.8) is 0 Å². The molecule has 0 amide bonds. The minimum atomic E-state index is 0.154. The molecule has 0 aliphatic heterocycles. The van der Waals surface area contributed by atoms with Crippen molar-refractivity contribution < 1.29 is 0 Å². The molecule has 5 nitrogen and oxygen atoms in total. The van der Waals surface area contributed by atoms with Crippen LogP contribution in [0.3, 0.4) is 0 Å². The number of aromatic nitrogens is 4. The molecule has 110 valence electrons. The summed E-state index contributed by atoms with van der Waals surface area (Å²) in [5.41, 5.74) is 10.5. The van der Waals surface area contributed by atoms with E-state index in [1.165, 1.54) is 5.56 Å². The molecule has 0 aliphatic rings. The third kappa shape index (κ3) is 2.34. The quantitative estimate of drug-likeness (QED) is 0.799. The zero-order chi connectivity index (χ0) is 15.0. The largest absolute Gasteiger partial charge is 0.327 e. The highest BCUT2D eigenvalue weighted by molar-refractivity contribution is 5.77. The highest BCUT2D eigenvalue weighted by Gasteiger charge is 2.18. The van der Waals surface area contributed by atoms with Gasteiger partial charge in [-0.05, 0) is 31.9 Å². The topological polar surface area (TPSA) is 61.7 Å². The third-order valence-corrected chi connectivity index (χ3v) is 3.99. The molecule has 1 unspecified atom stereocenters. The first kappa shape index (κ1) is 13.8. The normalized spacial score (nSPS) is 13.0. The number of hydrogen-bond donors (Lipinski definition) is 1. The smallest absolute Gasteiger partial charge is 0.139 e. The Morgan fingerprint density at radius 1 is 1.29 bits per heavy atom. The van der Waals surface area contributed by atoms with Crippen molar-refractivity contribution in [3.05, 3.63) is 41.9 Å². The fourth-order valence-electron chi connectivity index (χ4n) is 2.76. The van der Waals surface area contributed by atoms with E-state index in [2.05, 4.69) is 27.6 Å². The Hall–Kier alpha value is -2.14. The van der Waals surface area contributed by atoms with Gasteiger partial charge >= 0.3 is 0 Å². The molecular formula is C16H21N5. The van der Waals surface area contributed by atoms with Gasteiger partial charge in [-0.3, -0.25) is 9.25 Å². The first-order valence-electron chi connectivity index (χ1n) is 7.32. The van der Waals surface area contributed by atoms with Gasteiger partial charge in [-0.1, -0.05) is 19.1 Å². The van der Waals surface area contributed by atoms with Crippen LogP contribution in [-0.4, -0.2) is 25.4 Å². The average molecular weight is 283 g/mol. The second-order valence-corrected chi connectivity index (χ2v) is 5.49. The van der Waals surface area contributed by atoms with Crippen LogP contribution in [0.25, 0.3) is 16.9 Å². The number of nitrogens with zero attached hydrogens (tertiary/aromatic N) is 4. The fourth-order valence-corrected chi connectivity index (χ4v) is 2.76. The van der Waals surface area contributed by atoms with Crippen LogP contribution >= 0.6 is 0 Å². The van der Waals surface area contributed by atoms with Crippen molar-refractivity contribution in [1.29, 1.82) is 0 Å². The maximum Gasteiger partial charge on any atom is 0.139 e. The van der Waals surface area contributed by atoms with Gasteiger partial charge in [0.05, 0.1) is 16.7 Å². The molecule has 0 fully saturated rings. The fraction of sp³-hybridized carbons (Fsp3) is 0.375. The first-order valence-corrected chi connectivity index (χ1v) is 7.32. The van der Waals surface area contributed by atoms with Crippen molar-refractivity contribution in [2.45, 2.75) is 32.7 Å². The van der Waals surface area contributed by atoms with Gasteiger partial charge in [0, 0.05) is 18.7 Å². The van der Waals surface area contributed by atoms with Gasteiger partial charge < -0.3 is 5.73 Å². The van der Waals surface area contributed by atoms with Crippen LogP contribution in [0.2, 0.25) is 0 Å². The van der Waals surface area contributed by atoms with E-state index in [0.717, 1.165) is 35.4 Å². The molecule has 0 saturated heterocycles. The van der Waals surface area contributed by atoms with Crippen LogP contribution in [0.15, 0.2) is 30.6 Å². The Labute approximate surface area is 124 Å². The van der Waals surface area contributed by atoms with E-state index in [-0.39, 0.29) is 6.04 Å². The van der Waals surface area contributed by atoms with E-state index in [1.807, 2.05) is 43.2 Å². The Morgan fingerprint density at radius 2 is 2.05 bits per heavy atom. The average Bonchev–Trinajstić information content (AvgIpc) is 3.00. The molecule has 1 aromatic carbocycles. The number of aryl methyl sites for hydroxylation is 2. The van der Waals surface area contributed by atoms with Crippen molar-refractivity contribution in [2.24, 2.45) is 12.8 Å². The van der Waals surface area contributed by atoms with Gasteiger partial charge in [0.2, 0.25) is 0 Å². The zero-order valence-electron chi connectivity index (χ0n) is 12.7. The predicted molar refractivity (Wildman–Crippen MR) is 84.5 cm³/mol. The lowest BCUT2D eigenvalue weighted by molar-refractivity contribution is 0.641. The summed E-state index contributed by atoms with van der Waals surface area (Å²) in [6.07, 6.45) is 3.65. The Bertz CT molecular complexity index is 768. The Balaban J connectivity index is 2.17. The minimum absolute atomic E-state index is 0.154. The second-order valence-electron chi connectivity index (χ2n) is 5.49. The van der Waals surface area contributed by atoms with Gasteiger partial charge in [-0.2, -0.15) is 5.10 Å². The van der Waals surface area contributed by atoms with Gasteiger partial charge in [0.15, 0.2) is 0 Å². The van der Waals surface area contributed by atoms with Crippen molar-refractivity contribution >= 4 is 11.0 Å². The van der Waals surface area contributed by atoms with Gasteiger partial charge in [0.25, 0.3) is 0 Å². The van der Waals surface area contributed by atoms with E-state index in [1.54, 1.807) is 0 Å². The number of fused-ring (bicyclic) bond motifs is 1. The molecule has 2 heterocycles. The van der Waals surface area contributed by atoms with Crippen LogP contribution in [-0.2, 0) is 13.5 Å². The summed E-state index contributed by atoms with van der Waals surface area (Å²) in [4.78, 5) is 4.48. The summed E-state index contributed by atoms with van der Waals surface area (Å²) in [5, 5.41) is 4.57. The molecule has 0 saturated carbocycles. The number of hydrogen-bond acceptors (Lipinski definition) is 3. The molecule has 3 rings (SSSR count). The maximum absolute atomic E-state index is 6.16. The molecule has 21 heavy (non-hydrogen) atoms. The molecule has 2 N–H and O–H groups in total. The predicted octanol–water partition coefficient (Wildman–Crippen LogP) is 2.35. The summed E-state index contributed by atoms with van der Waals surface area (Å²) in [6.45, 7) is 4.16. The molecule has 0 spiro atoms. The molecular weight excluding hydrogens is 262 g/mol. The molecule has 0 bridgehead atoms.